The van der Waals surface area contributed by atoms with Crippen molar-refractivity contribution in [3.05, 3.63) is 35.9 Å². The Morgan fingerprint density at radius 2 is 2.24 bits per heavy atom. The van der Waals surface area contributed by atoms with Crippen LogP contribution >= 0.6 is 0 Å². The number of hydrogen-bond donors (Lipinski definition) is 1. The fourth-order valence-corrected chi connectivity index (χ4v) is 1.58. The summed E-state index contributed by atoms with van der Waals surface area (Å²) in [5, 5.41) is 12.9. The van der Waals surface area contributed by atoms with Crippen LogP contribution in [0.25, 0.3) is 10.9 Å². The lowest BCUT2D eigenvalue weighted by Gasteiger charge is -2.07. The summed E-state index contributed by atoms with van der Waals surface area (Å²) in [6.07, 6.45) is 0. The van der Waals surface area contributed by atoms with E-state index in [1.807, 2.05) is 31.3 Å². The number of para-hydroxylation sites is 1. The number of aromatic nitrogens is 1. The van der Waals surface area contributed by atoms with Crippen molar-refractivity contribution in [2.45, 2.75) is 0 Å². The first kappa shape index (κ1) is 11.4. The minimum Gasteiger partial charge on any atom is -0.476 e. The average molecular weight is 227 g/mol. The van der Waals surface area contributed by atoms with Crippen LogP contribution in [0.1, 0.15) is 5.56 Å². The van der Waals surface area contributed by atoms with Crippen molar-refractivity contribution >= 4 is 10.9 Å². The van der Waals surface area contributed by atoms with Gasteiger partial charge in [-0.15, -0.1) is 0 Å². The largest absolute Gasteiger partial charge is 0.476 e. The number of nitrogens with zero attached hydrogens (tertiary/aromatic N) is 2. The zero-order valence-electron chi connectivity index (χ0n) is 9.60. The van der Waals surface area contributed by atoms with E-state index in [0.29, 0.717) is 18.1 Å². The molecule has 0 atom stereocenters. The molecule has 1 N–H and O–H groups in total. The third-order valence-corrected chi connectivity index (χ3v) is 2.42. The van der Waals surface area contributed by atoms with Gasteiger partial charge in [0.15, 0.2) is 0 Å². The molecule has 1 aromatic heterocycles. The lowest BCUT2D eigenvalue weighted by molar-refractivity contribution is 0.307. The quantitative estimate of drug-likeness (QED) is 0.808. The molecule has 1 aromatic carbocycles. The van der Waals surface area contributed by atoms with Gasteiger partial charge in [0.25, 0.3) is 0 Å². The summed E-state index contributed by atoms with van der Waals surface area (Å²) < 4.78 is 5.47. The first-order valence-electron chi connectivity index (χ1n) is 5.42. The monoisotopic (exact) mass is 227 g/mol. The molecule has 0 aliphatic carbocycles. The van der Waals surface area contributed by atoms with E-state index in [-0.39, 0.29) is 0 Å². The van der Waals surface area contributed by atoms with Gasteiger partial charge >= 0.3 is 0 Å². The maximum absolute atomic E-state index is 9.09. The Kier molecular flexibility index (Phi) is 3.53. The minimum atomic E-state index is 0.496. The van der Waals surface area contributed by atoms with Gasteiger partial charge < -0.3 is 10.1 Å². The summed E-state index contributed by atoms with van der Waals surface area (Å²) in [5.74, 6) is 0.496. The maximum atomic E-state index is 9.09. The second kappa shape index (κ2) is 5.28. The highest BCUT2D eigenvalue weighted by Crippen LogP contribution is 2.21. The molecule has 0 saturated carbocycles. The minimum absolute atomic E-state index is 0.496. The van der Waals surface area contributed by atoms with Gasteiger partial charge in [-0.2, -0.15) is 5.26 Å². The van der Waals surface area contributed by atoms with Gasteiger partial charge in [0.2, 0.25) is 5.88 Å². The number of pyridine rings is 1. The molecule has 4 heteroatoms. The molecule has 0 aliphatic rings. The van der Waals surface area contributed by atoms with E-state index in [2.05, 4.69) is 16.4 Å². The van der Waals surface area contributed by atoms with Crippen LogP contribution in [0.4, 0.5) is 0 Å². The molecular weight excluding hydrogens is 214 g/mol. The Morgan fingerprint density at radius 3 is 3.00 bits per heavy atom. The number of ether oxygens (including phenoxy) is 1. The van der Waals surface area contributed by atoms with Crippen molar-refractivity contribution in [2.24, 2.45) is 0 Å². The van der Waals surface area contributed by atoms with E-state index < -0.39 is 0 Å². The molecule has 0 bridgehead atoms. The Morgan fingerprint density at radius 1 is 1.41 bits per heavy atom. The Hall–Kier alpha value is -2.12. The van der Waals surface area contributed by atoms with E-state index in [4.69, 9.17) is 10.00 Å². The van der Waals surface area contributed by atoms with Gasteiger partial charge in [-0.25, -0.2) is 4.98 Å². The molecular formula is C13H13N3O. The predicted molar refractivity (Wildman–Crippen MR) is 65.9 cm³/mol. The fourth-order valence-electron chi connectivity index (χ4n) is 1.58. The zero-order chi connectivity index (χ0) is 12.1. The summed E-state index contributed by atoms with van der Waals surface area (Å²) in [4.78, 5) is 4.35. The van der Waals surface area contributed by atoms with E-state index in [1.54, 1.807) is 6.07 Å². The van der Waals surface area contributed by atoms with Gasteiger partial charge in [0.1, 0.15) is 12.7 Å². The topological polar surface area (TPSA) is 57.9 Å². The van der Waals surface area contributed by atoms with Crippen LogP contribution in [0, 0.1) is 11.3 Å². The van der Waals surface area contributed by atoms with Crippen LogP contribution in [0.15, 0.2) is 30.3 Å². The molecule has 17 heavy (non-hydrogen) atoms. The molecule has 2 aromatic rings. The normalized spacial score (nSPS) is 10.1. The van der Waals surface area contributed by atoms with Gasteiger partial charge in [-0.3, -0.25) is 0 Å². The number of fused-ring (bicyclic) bond motifs is 1. The number of nitrogens with one attached hydrogen (secondary N) is 1. The van der Waals surface area contributed by atoms with Crippen LogP contribution < -0.4 is 10.1 Å². The Labute approximate surface area is 99.8 Å². The van der Waals surface area contributed by atoms with E-state index >= 15 is 0 Å². The molecule has 2 rings (SSSR count). The Balaban J connectivity index is 2.36. The second-order valence-corrected chi connectivity index (χ2v) is 3.59. The van der Waals surface area contributed by atoms with Gasteiger partial charge in [0.05, 0.1) is 11.1 Å². The first-order chi connectivity index (χ1) is 8.35. The van der Waals surface area contributed by atoms with Crippen molar-refractivity contribution in [1.29, 1.82) is 5.26 Å². The molecule has 0 unspecified atom stereocenters. The standard InChI is InChI=1S/C13H13N3O/c1-15-6-7-17-13-8-10(9-14)11-4-2-3-5-12(11)16-13/h2-5,8,15H,6-7H2,1H3. The van der Waals surface area contributed by atoms with E-state index in [9.17, 15) is 0 Å². The first-order valence-corrected chi connectivity index (χ1v) is 5.42. The zero-order valence-corrected chi connectivity index (χ0v) is 9.60. The summed E-state index contributed by atoms with van der Waals surface area (Å²) in [5.41, 5.74) is 1.38. The van der Waals surface area contributed by atoms with Crippen molar-refractivity contribution in [1.82, 2.24) is 10.3 Å². The van der Waals surface area contributed by atoms with Crippen molar-refractivity contribution in [2.75, 3.05) is 20.2 Å². The third-order valence-electron chi connectivity index (χ3n) is 2.42. The summed E-state index contributed by atoms with van der Waals surface area (Å²) in [6.45, 7) is 1.28. The number of rotatable bonds is 4. The van der Waals surface area contributed by atoms with Crippen LogP contribution in [0.5, 0.6) is 5.88 Å². The predicted octanol–water partition coefficient (Wildman–Crippen LogP) is 1.70. The molecule has 4 nitrogen and oxygen atoms in total. The van der Waals surface area contributed by atoms with Gasteiger partial charge in [-0.1, -0.05) is 18.2 Å². The van der Waals surface area contributed by atoms with Crippen molar-refractivity contribution in [3.8, 4) is 11.9 Å². The van der Waals surface area contributed by atoms with Crippen LogP contribution in [-0.2, 0) is 0 Å². The summed E-state index contributed by atoms with van der Waals surface area (Å²) in [7, 11) is 1.86. The second-order valence-electron chi connectivity index (χ2n) is 3.59. The van der Waals surface area contributed by atoms with Crippen LogP contribution in [0.3, 0.4) is 0 Å². The van der Waals surface area contributed by atoms with Gasteiger partial charge in [0, 0.05) is 18.0 Å². The van der Waals surface area contributed by atoms with Crippen molar-refractivity contribution < 1.29 is 4.74 Å². The highest BCUT2D eigenvalue weighted by Gasteiger charge is 2.05. The molecule has 0 aliphatic heterocycles. The molecule has 86 valence electrons. The summed E-state index contributed by atoms with van der Waals surface area (Å²) in [6, 6.07) is 11.4. The third kappa shape index (κ3) is 2.52. The SMILES string of the molecule is CNCCOc1cc(C#N)c2ccccc2n1. The number of nitriles is 1. The Bertz CT molecular complexity index is 560. The molecule has 0 fully saturated rings. The highest BCUT2D eigenvalue weighted by molar-refractivity contribution is 5.85. The van der Waals surface area contributed by atoms with Crippen LogP contribution in [0.2, 0.25) is 0 Å². The molecule has 0 radical (unpaired) electrons. The lowest BCUT2D eigenvalue weighted by atomic mass is 10.1. The molecule has 0 amide bonds. The van der Waals surface area contributed by atoms with Crippen molar-refractivity contribution in [3.63, 3.8) is 0 Å². The highest BCUT2D eigenvalue weighted by atomic mass is 16.5. The van der Waals surface area contributed by atoms with Crippen LogP contribution in [-0.4, -0.2) is 25.2 Å². The summed E-state index contributed by atoms with van der Waals surface area (Å²) >= 11 is 0. The maximum Gasteiger partial charge on any atom is 0.215 e. The number of benzene rings is 1. The average Bonchev–Trinajstić information content (AvgIpc) is 2.38. The van der Waals surface area contributed by atoms with E-state index in [1.165, 1.54) is 0 Å². The number of likely N-dealkylation sites (N-methyl/N-ethyl adjacent to an activating group) is 1. The molecule has 0 spiro atoms. The molecule has 1 heterocycles. The fraction of sp³-hybridized carbons (Fsp3) is 0.231. The van der Waals surface area contributed by atoms with Gasteiger partial charge in [-0.05, 0) is 13.1 Å². The smallest absolute Gasteiger partial charge is 0.215 e. The molecule has 0 saturated heterocycles. The number of hydrogen-bond acceptors (Lipinski definition) is 4. The lowest BCUT2D eigenvalue weighted by Crippen LogP contribution is -2.16. The van der Waals surface area contributed by atoms with E-state index in [0.717, 1.165) is 17.4 Å².